The molecule has 0 radical (unpaired) electrons. The summed E-state index contributed by atoms with van der Waals surface area (Å²) in [5.41, 5.74) is 4.11. The van der Waals surface area contributed by atoms with Crippen LogP contribution in [0.1, 0.15) is 52.5 Å². The topological polar surface area (TPSA) is 83.7 Å². The van der Waals surface area contributed by atoms with Crippen LogP contribution in [0, 0.1) is 0 Å². The Labute approximate surface area is 223 Å². The van der Waals surface area contributed by atoms with Gasteiger partial charge in [0, 0.05) is 17.5 Å². The minimum Gasteiger partial charge on any atom is -0.474 e. The van der Waals surface area contributed by atoms with Crippen molar-refractivity contribution < 1.29 is 23.4 Å². The molecule has 2 heterocycles. The van der Waals surface area contributed by atoms with E-state index >= 15 is 0 Å². The molecule has 1 saturated carbocycles. The molecule has 0 bridgehead atoms. The molecule has 7 nitrogen and oxygen atoms in total. The molecule has 2 aromatic carbocycles. The van der Waals surface area contributed by atoms with Gasteiger partial charge in [0.15, 0.2) is 0 Å². The molecule has 1 aliphatic rings. The van der Waals surface area contributed by atoms with Gasteiger partial charge in [-0.25, -0.2) is 14.8 Å². The second-order valence-electron chi connectivity index (χ2n) is 10.7. The smallest absolute Gasteiger partial charge is 0.332 e. The number of ether oxygens (including phenoxy) is 3. The lowest BCUT2D eigenvalue weighted by atomic mass is 9.98. The molecule has 1 unspecified atom stereocenters. The van der Waals surface area contributed by atoms with E-state index in [2.05, 4.69) is 41.2 Å². The van der Waals surface area contributed by atoms with E-state index in [0.717, 1.165) is 47.1 Å². The summed E-state index contributed by atoms with van der Waals surface area (Å²) >= 11 is 0. The van der Waals surface area contributed by atoms with Crippen LogP contribution in [0.25, 0.3) is 33.6 Å². The summed E-state index contributed by atoms with van der Waals surface area (Å²) in [4.78, 5) is 21.0. The quantitative estimate of drug-likeness (QED) is 0.240. The highest BCUT2D eigenvalue weighted by Gasteiger charge is 2.30. The molecular weight excluding hydrogens is 480 g/mol. The first kappa shape index (κ1) is 25.9. The number of furan rings is 1. The SMILES string of the molecule is CCc1ccc(-c2c(-c3ccccc3)oc3ncnc(O[C@@H]4CCC(OCC(=O)OC(C)(C)C)C4)c23)cc1. The molecule has 0 spiro atoms. The van der Waals surface area contributed by atoms with Crippen LogP contribution in [0.3, 0.4) is 0 Å². The van der Waals surface area contributed by atoms with E-state index < -0.39 is 5.60 Å². The molecule has 38 heavy (non-hydrogen) atoms. The van der Waals surface area contributed by atoms with Crippen LogP contribution in [0.5, 0.6) is 5.88 Å². The zero-order chi connectivity index (χ0) is 26.7. The molecule has 0 N–H and O–H groups in total. The number of aryl methyl sites for hydroxylation is 1. The lowest BCUT2D eigenvalue weighted by Gasteiger charge is -2.20. The van der Waals surface area contributed by atoms with Crippen molar-refractivity contribution in [2.24, 2.45) is 0 Å². The summed E-state index contributed by atoms with van der Waals surface area (Å²) in [5.74, 6) is 0.874. The second-order valence-corrected chi connectivity index (χ2v) is 10.7. The van der Waals surface area contributed by atoms with E-state index in [1.165, 1.54) is 11.9 Å². The predicted molar refractivity (Wildman–Crippen MR) is 146 cm³/mol. The Balaban J connectivity index is 1.42. The zero-order valence-corrected chi connectivity index (χ0v) is 22.4. The van der Waals surface area contributed by atoms with Gasteiger partial charge < -0.3 is 18.6 Å². The maximum absolute atomic E-state index is 12.1. The van der Waals surface area contributed by atoms with Crippen LogP contribution < -0.4 is 4.74 Å². The molecule has 1 aliphatic carbocycles. The van der Waals surface area contributed by atoms with E-state index in [0.29, 0.717) is 18.0 Å². The standard InChI is InChI=1S/C31H34N2O5/c1-5-20-11-13-21(14-12-20)26-27-29(32-19-33-30(27)37-28(26)22-9-7-6-8-10-22)36-24-16-15-23(17-24)35-18-25(34)38-31(2,3)4/h6-14,19,23-24H,5,15-18H2,1-4H3/t23?,24-/m1/s1. The van der Waals surface area contributed by atoms with Gasteiger partial charge in [0.2, 0.25) is 11.6 Å². The summed E-state index contributed by atoms with van der Waals surface area (Å²) in [7, 11) is 0. The number of nitrogens with zero attached hydrogens (tertiary/aromatic N) is 2. The summed E-state index contributed by atoms with van der Waals surface area (Å²) in [5, 5.41) is 0.758. The van der Waals surface area contributed by atoms with Crippen LogP contribution >= 0.6 is 0 Å². The lowest BCUT2D eigenvalue weighted by molar-refractivity contribution is -0.162. The predicted octanol–water partition coefficient (Wildman–Crippen LogP) is 6.78. The van der Waals surface area contributed by atoms with Gasteiger partial charge in [0.25, 0.3) is 0 Å². The fraction of sp³-hybridized carbons (Fsp3) is 0.387. The van der Waals surface area contributed by atoms with E-state index in [4.69, 9.17) is 18.6 Å². The van der Waals surface area contributed by atoms with Crippen molar-refractivity contribution in [3.8, 4) is 28.3 Å². The number of carbonyl (C=O) groups is 1. The van der Waals surface area contributed by atoms with Crippen molar-refractivity contribution in [1.82, 2.24) is 9.97 Å². The maximum atomic E-state index is 12.1. The van der Waals surface area contributed by atoms with Gasteiger partial charge in [0.1, 0.15) is 35.8 Å². The van der Waals surface area contributed by atoms with Crippen LogP contribution in [0.15, 0.2) is 65.3 Å². The number of esters is 1. The lowest BCUT2D eigenvalue weighted by Crippen LogP contribution is -2.28. The van der Waals surface area contributed by atoms with E-state index in [-0.39, 0.29) is 24.8 Å². The number of hydrogen-bond acceptors (Lipinski definition) is 7. The van der Waals surface area contributed by atoms with Crippen LogP contribution in [-0.2, 0) is 20.7 Å². The molecule has 2 aromatic heterocycles. The van der Waals surface area contributed by atoms with Crippen LogP contribution in [-0.4, -0.2) is 40.4 Å². The van der Waals surface area contributed by atoms with Crippen LogP contribution in [0.2, 0.25) is 0 Å². The molecule has 1 fully saturated rings. The van der Waals surface area contributed by atoms with Gasteiger partial charge in [-0.3, -0.25) is 0 Å². The first-order valence-corrected chi connectivity index (χ1v) is 13.2. The van der Waals surface area contributed by atoms with Gasteiger partial charge >= 0.3 is 5.97 Å². The minimum absolute atomic E-state index is 0.0630. The third kappa shape index (κ3) is 5.89. The third-order valence-electron chi connectivity index (χ3n) is 6.61. The zero-order valence-electron chi connectivity index (χ0n) is 22.4. The number of fused-ring (bicyclic) bond motifs is 1. The minimum atomic E-state index is -0.530. The monoisotopic (exact) mass is 514 g/mol. The van der Waals surface area contributed by atoms with Gasteiger partial charge in [-0.1, -0.05) is 61.5 Å². The van der Waals surface area contributed by atoms with E-state index in [1.54, 1.807) is 0 Å². The molecule has 2 atom stereocenters. The van der Waals surface area contributed by atoms with Crippen molar-refractivity contribution in [2.75, 3.05) is 6.61 Å². The van der Waals surface area contributed by atoms with Crippen molar-refractivity contribution in [2.45, 2.75) is 71.2 Å². The summed E-state index contributed by atoms with van der Waals surface area (Å²) in [6.45, 7) is 7.62. The van der Waals surface area contributed by atoms with E-state index in [1.807, 2.05) is 51.1 Å². The van der Waals surface area contributed by atoms with Crippen molar-refractivity contribution in [3.05, 3.63) is 66.5 Å². The number of rotatable bonds is 8. The first-order valence-electron chi connectivity index (χ1n) is 13.2. The molecule has 0 aliphatic heterocycles. The summed E-state index contributed by atoms with van der Waals surface area (Å²) in [6, 6.07) is 18.5. The summed E-state index contributed by atoms with van der Waals surface area (Å²) < 4.78 is 24.0. The van der Waals surface area contributed by atoms with Crippen LogP contribution in [0.4, 0.5) is 0 Å². The first-order chi connectivity index (χ1) is 18.3. The molecule has 4 aromatic rings. The molecule has 0 amide bonds. The van der Waals surface area contributed by atoms with Gasteiger partial charge in [0.05, 0.1) is 6.10 Å². The van der Waals surface area contributed by atoms with Crippen molar-refractivity contribution >= 4 is 17.1 Å². The van der Waals surface area contributed by atoms with Gasteiger partial charge in [-0.15, -0.1) is 0 Å². The normalized spacial score (nSPS) is 17.6. The van der Waals surface area contributed by atoms with Crippen molar-refractivity contribution in [3.63, 3.8) is 0 Å². The highest BCUT2D eigenvalue weighted by molar-refractivity contribution is 6.03. The largest absolute Gasteiger partial charge is 0.474 e. The fourth-order valence-electron chi connectivity index (χ4n) is 4.85. The molecule has 5 rings (SSSR count). The Bertz CT molecular complexity index is 1390. The third-order valence-corrected chi connectivity index (χ3v) is 6.61. The van der Waals surface area contributed by atoms with Gasteiger partial charge in [-0.05, 0) is 51.2 Å². The number of carbonyl (C=O) groups excluding carboxylic acids is 1. The molecule has 198 valence electrons. The number of aromatic nitrogens is 2. The number of benzene rings is 2. The Morgan fingerprint density at radius 2 is 1.71 bits per heavy atom. The molecule has 7 heteroatoms. The van der Waals surface area contributed by atoms with Gasteiger partial charge in [-0.2, -0.15) is 0 Å². The van der Waals surface area contributed by atoms with E-state index in [9.17, 15) is 4.79 Å². The number of hydrogen-bond donors (Lipinski definition) is 0. The highest BCUT2D eigenvalue weighted by atomic mass is 16.6. The molecule has 0 saturated heterocycles. The Morgan fingerprint density at radius 1 is 0.974 bits per heavy atom. The van der Waals surface area contributed by atoms with Crippen molar-refractivity contribution in [1.29, 1.82) is 0 Å². The fourth-order valence-corrected chi connectivity index (χ4v) is 4.85. The molecular formula is C31H34N2O5. The Kier molecular flexibility index (Phi) is 7.47. The summed E-state index contributed by atoms with van der Waals surface area (Å²) in [6.07, 6.45) is 4.54. The Hall–Kier alpha value is -3.71. The maximum Gasteiger partial charge on any atom is 0.332 e. The second kappa shape index (κ2) is 11.0. The average Bonchev–Trinajstić information content (AvgIpc) is 3.52. The highest BCUT2D eigenvalue weighted by Crippen LogP contribution is 2.44. The Morgan fingerprint density at radius 3 is 2.42 bits per heavy atom. The average molecular weight is 515 g/mol.